The fourth-order valence-corrected chi connectivity index (χ4v) is 0.835. The SMILES string of the molecule is CC=C(C)C(=O)OCCCCC=CO. The van der Waals surface area contributed by atoms with Gasteiger partial charge in [-0.05, 0) is 33.1 Å². The molecule has 1 N–H and O–H groups in total. The van der Waals surface area contributed by atoms with E-state index < -0.39 is 0 Å². The first-order valence-electron chi connectivity index (χ1n) is 4.81. The monoisotopic (exact) mass is 198 g/mol. The highest BCUT2D eigenvalue weighted by Gasteiger charge is 2.02. The lowest BCUT2D eigenvalue weighted by molar-refractivity contribution is -0.139. The van der Waals surface area contributed by atoms with Crippen LogP contribution in [0, 0.1) is 0 Å². The van der Waals surface area contributed by atoms with E-state index in [1.165, 1.54) is 0 Å². The number of esters is 1. The normalized spacial score (nSPS) is 12.0. The van der Waals surface area contributed by atoms with Crippen molar-refractivity contribution in [2.75, 3.05) is 6.61 Å². The molecule has 0 radical (unpaired) electrons. The van der Waals surface area contributed by atoms with Crippen LogP contribution in [0.5, 0.6) is 0 Å². The highest BCUT2D eigenvalue weighted by molar-refractivity contribution is 5.87. The first kappa shape index (κ1) is 12.8. The second-order valence-electron chi connectivity index (χ2n) is 2.99. The minimum absolute atomic E-state index is 0.245. The van der Waals surface area contributed by atoms with E-state index in [1.54, 1.807) is 19.1 Å². The molecule has 0 unspecified atom stereocenters. The molecule has 3 heteroatoms. The molecule has 0 saturated carbocycles. The van der Waals surface area contributed by atoms with E-state index in [-0.39, 0.29) is 5.97 Å². The summed E-state index contributed by atoms with van der Waals surface area (Å²) >= 11 is 0. The zero-order chi connectivity index (χ0) is 10.8. The van der Waals surface area contributed by atoms with Crippen LogP contribution >= 0.6 is 0 Å². The van der Waals surface area contributed by atoms with Crippen molar-refractivity contribution in [2.45, 2.75) is 33.1 Å². The van der Waals surface area contributed by atoms with Gasteiger partial charge < -0.3 is 9.84 Å². The number of ether oxygens (including phenoxy) is 1. The van der Waals surface area contributed by atoms with E-state index in [4.69, 9.17) is 9.84 Å². The average Bonchev–Trinajstić information content (AvgIpc) is 2.21. The molecule has 0 rings (SSSR count). The van der Waals surface area contributed by atoms with Gasteiger partial charge in [-0.3, -0.25) is 0 Å². The minimum atomic E-state index is -0.245. The van der Waals surface area contributed by atoms with E-state index in [2.05, 4.69) is 0 Å². The van der Waals surface area contributed by atoms with E-state index in [9.17, 15) is 4.79 Å². The molecule has 0 atom stereocenters. The van der Waals surface area contributed by atoms with E-state index in [1.807, 2.05) is 6.92 Å². The molecule has 80 valence electrons. The molecule has 0 aromatic rings. The van der Waals surface area contributed by atoms with E-state index in [0.717, 1.165) is 25.5 Å². The first-order chi connectivity index (χ1) is 6.72. The van der Waals surface area contributed by atoms with Crippen molar-refractivity contribution in [1.29, 1.82) is 0 Å². The van der Waals surface area contributed by atoms with Crippen molar-refractivity contribution in [2.24, 2.45) is 0 Å². The van der Waals surface area contributed by atoms with Gasteiger partial charge in [0.25, 0.3) is 0 Å². The van der Waals surface area contributed by atoms with Crippen molar-refractivity contribution in [3.05, 3.63) is 24.0 Å². The highest BCUT2D eigenvalue weighted by Crippen LogP contribution is 2.00. The maximum atomic E-state index is 11.1. The number of hydrogen-bond acceptors (Lipinski definition) is 3. The number of unbranched alkanes of at least 4 members (excludes halogenated alkanes) is 2. The lowest BCUT2D eigenvalue weighted by Crippen LogP contribution is -2.06. The Balaban J connectivity index is 3.41. The van der Waals surface area contributed by atoms with Gasteiger partial charge in [-0.15, -0.1) is 0 Å². The molecule has 0 aromatic carbocycles. The fourth-order valence-electron chi connectivity index (χ4n) is 0.835. The van der Waals surface area contributed by atoms with Crippen LogP contribution in [0.2, 0.25) is 0 Å². The fraction of sp³-hybridized carbons (Fsp3) is 0.545. The van der Waals surface area contributed by atoms with Gasteiger partial charge in [0.1, 0.15) is 0 Å². The van der Waals surface area contributed by atoms with Crippen LogP contribution in [-0.4, -0.2) is 17.7 Å². The molecule has 0 fully saturated rings. The molecule has 0 aromatic heterocycles. The summed E-state index contributed by atoms with van der Waals surface area (Å²) in [5.74, 6) is -0.245. The third-order valence-corrected chi connectivity index (χ3v) is 1.86. The molecule has 0 saturated heterocycles. The lowest BCUT2D eigenvalue weighted by atomic mass is 10.2. The van der Waals surface area contributed by atoms with Crippen molar-refractivity contribution in [3.8, 4) is 0 Å². The number of allylic oxidation sites excluding steroid dienone is 2. The molecule has 0 aliphatic carbocycles. The second-order valence-corrected chi connectivity index (χ2v) is 2.99. The smallest absolute Gasteiger partial charge is 0.333 e. The van der Waals surface area contributed by atoms with Gasteiger partial charge in [-0.25, -0.2) is 4.79 Å². The first-order valence-corrected chi connectivity index (χ1v) is 4.81. The van der Waals surface area contributed by atoms with E-state index >= 15 is 0 Å². The van der Waals surface area contributed by atoms with Crippen LogP contribution in [0.25, 0.3) is 0 Å². The molecular weight excluding hydrogens is 180 g/mol. The zero-order valence-corrected chi connectivity index (χ0v) is 8.82. The Morgan fingerprint density at radius 3 is 2.71 bits per heavy atom. The minimum Gasteiger partial charge on any atom is -0.516 e. The summed E-state index contributed by atoms with van der Waals surface area (Å²) in [6, 6.07) is 0. The maximum absolute atomic E-state index is 11.1. The van der Waals surface area contributed by atoms with Crippen LogP contribution in [0.3, 0.4) is 0 Å². The molecule has 0 amide bonds. The van der Waals surface area contributed by atoms with E-state index in [0.29, 0.717) is 12.2 Å². The van der Waals surface area contributed by atoms with Gasteiger partial charge in [0.05, 0.1) is 12.9 Å². The lowest BCUT2D eigenvalue weighted by Gasteiger charge is -2.03. The number of aliphatic hydroxyl groups is 1. The van der Waals surface area contributed by atoms with Gasteiger partial charge >= 0.3 is 5.97 Å². The van der Waals surface area contributed by atoms with Crippen LogP contribution in [0.4, 0.5) is 0 Å². The summed E-state index contributed by atoms with van der Waals surface area (Å²) in [7, 11) is 0. The van der Waals surface area contributed by atoms with Crippen LogP contribution < -0.4 is 0 Å². The summed E-state index contributed by atoms with van der Waals surface area (Å²) in [6.45, 7) is 3.99. The number of aliphatic hydroxyl groups excluding tert-OH is 1. The van der Waals surface area contributed by atoms with Crippen LogP contribution in [0.1, 0.15) is 33.1 Å². The third kappa shape index (κ3) is 6.29. The Morgan fingerprint density at radius 1 is 1.43 bits per heavy atom. The third-order valence-electron chi connectivity index (χ3n) is 1.86. The summed E-state index contributed by atoms with van der Waals surface area (Å²) < 4.78 is 4.98. The molecule has 0 bridgehead atoms. The standard InChI is InChI=1S/C11H18O3/c1-3-10(2)11(13)14-9-7-5-4-6-8-12/h3,6,8,12H,4-5,7,9H2,1-2H3. The summed E-state index contributed by atoms with van der Waals surface area (Å²) in [4.78, 5) is 11.1. The maximum Gasteiger partial charge on any atom is 0.333 e. The van der Waals surface area contributed by atoms with Crippen molar-refractivity contribution >= 4 is 5.97 Å². The van der Waals surface area contributed by atoms with Crippen molar-refractivity contribution < 1.29 is 14.6 Å². The average molecular weight is 198 g/mol. The van der Waals surface area contributed by atoms with Gasteiger partial charge in [0.2, 0.25) is 0 Å². The van der Waals surface area contributed by atoms with Crippen molar-refractivity contribution in [3.63, 3.8) is 0 Å². The molecule has 3 nitrogen and oxygen atoms in total. The van der Waals surface area contributed by atoms with Gasteiger partial charge in [-0.2, -0.15) is 0 Å². The predicted molar refractivity (Wildman–Crippen MR) is 56.0 cm³/mol. The Bertz CT molecular complexity index is 217. The largest absolute Gasteiger partial charge is 0.516 e. The molecule has 0 aliphatic rings. The molecule has 0 heterocycles. The Labute approximate surface area is 85.1 Å². The van der Waals surface area contributed by atoms with Gasteiger partial charge in [-0.1, -0.05) is 12.2 Å². The summed E-state index contributed by atoms with van der Waals surface area (Å²) in [5, 5.41) is 8.34. The molecule has 0 aliphatic heterocycles. The van der Waals surface area contributed by atoms with Crippen LogP contribution in [-0.2, 0) is 9.53 Å². The quantitative estimate of drug-likeness (QED) is 0.309. The topological polar surface area (TPSA) is 46.5 Å². The second kappa shape index (κ2) is 8.35. The summed E-state index contributed by atoms with van der Waals surface area (Å²) in [6.07, 6.45) is 7.01. The van der Waals surface area contributed by atoms with Crippen LogP contribution in [0.15, 0.2) is 24.0 Å². The number of hydrogen-bond donors (Lipinski definition) is 1. The molecule has 14 heavy (non-hydrogen) atoms. The van der Waals surface area contributed by atoms with Crippen molar-refractivity contribution in [1.82, 2.24) is 0 Å². The number of carbonyl (C=O) groups is 1. The van der Waals surface area contributed by atoms with Gasteiger partial charge in [0, 0.05) is 5.57 Å². The molecule has 0 spiro atoms. The Morgan fingerprint density at radius 2 is 2.14 bits per heavy atom. The van der Waals surface area contributed by atoms with Gasteiger partial charge in [0.15, 0.2) is 0 Å². The zero-order valence-electron chi connectivity index (χ0n) is 8.82. The number of carbonyl (C=O) groups excluding carboxylic acids is 1. The molecular formula is C11H18O3. The number of rotatable bonds is 6. The Kier molecular flexibility index (Phi) is 7.61. The summed E-state index contributed by atoms with van der Waals surface area (Å²) in [5.41, 5.74) is 0.639. The highest BCUT2D eigenvalue weighted by atomic mass is 16.5. The Hall–Kier alpha value is -1.25. The predicted octanol–water partition coefficient (Wildman–Crippen LogP) is 2.74.